The van der Waals surface area contributed by atoms with Gasteiger partial charge in [-0.25, -0.2) is 5.43 Å². The van der Waals surface area contributed by atoms with E-state index in [2.05, 4.69) is 15.8 Å². The molecule has 5 nitrogen and oxygen atoms in total. The number of nitrogens with zero attached hydrogens (tertiary/aromatic N) is 1. The van der Waals surface area contributed by atoms with Crippen molar-refractivity contribution in [1.29, 1.82) is 0 Å². The fourth-order valence-corrected chi connectivity index (χ4v) is 2.46. The van der Waals surface area contributed by atoms with Gasteiger partial charge in [0.25, 0.3) is 11.8 Å². The first-order valence-electron chi connectivity index (χ1n) is 7.40. The molecule has 0 atom stereocenters. The SMILES string of the molecule is O=C(CNC(=O)c1ccccc1C(F)(F)F)NN=Cc1ccc(Cl)cc1Cl. The molecule has 0 radical (unpaired) electrons. The first-order chi connectivity index (χ1) is 12.7. The van der Waals surface area contributed by atoms with Crippen LogP contribution >= 0.6 is 23.2 Å². The monoisotopic (exact) mass is 417 g/mol. The molecule has 2 amide bonds. The Labute approximate surface area is 162 Å². The molecule has 0 unspecified atom stereocenters. The van der Waals surface area contributed by atoms with Crippen molar-refractivity contribution in [3.05, 3.63) is 69.2 Å². The average Bonchev–Trinajstić information content (AvgIpc) is 2.61. The number of carbonyl (C=O) groups is 2. The third kappa shape index (κ3) is 5.97. The lowest BCUT2D eigenvalue weighted by Crippen LogP contribution is -2.35. The first-order valence-corrected chi connectivity index (χ1v) is 8.15. The highest BCUT2D eigenvalue weighted by atomic mass is 35.5. The smallest absolute Gasteiger partial charge is 0.343 e. The van der Waals surface area contributed by atoms with Crippen LogP contribution in [0.2, 0.25) is 10.0 Å². The summed E-state index contributed by atoms with van der Waals surface area (Å²) in [4.78, 5) is 23.6. The normalized spacial score (nSPS) is 11.4. The summed E-state index contributed by atoms with van der Waals surface area (Å²) in [6, 6.07) is 8.93. The van der Waals surface area contributed by atoms with Crippen LogP contribution in [0.5, 0.6) is 0 Å². The number of hydrogen-bond acceptors (Lipinski definition) is 3. The highest BCUT2D eigenvalue weighted by molar-refractivity contribution is 6.36. The lowest BCUT2D eigenvalue weighted by atomic mass is 10.1. The molecule has 2 rings (SSSR count). The summed E-state index contributed by atoms with van der Waals surface area (Å²) < 4.78 is 38.7. The summed E-state index contributed by atoms with van der Waals surface area (Å²) in [7, 11) is 0. The molecule has 2 N–H and O–H groups in total. The summed E-state index contributed by atoms with van der Waals surface area (Å²) in [6.45, 7) is -0.559. The minimum atomic E-state index is -4.68. The molecular formula is C17H12Cl2F3N3O2. The van der Waals surface area contributed by atoms with E-state index < -0.39 is 35.7 Å². The molecule has 142 valence electrons. The summed E-state index contributed by atoms with van der Waals surface area (Å²) >= 11 is 11.7. The number of carbonyl (C=O) groups excluding carboxylic acids is 2. The second-order valence-electron chi connectivity index (χ2n) is 5.19. The van der Waals surface area contributed by atoms with Crippen molar-refractivity contribution in [2.24, 2.45) is 5.10 Å². The van der Waals surface area contributed by atoms with Gasteiger partial charge in [0.15, 0.2) is 0 Å². The predicted molar refractivity (Wildman–Crippen MR) is 96.0 cm³/mol. The van der Waals surface area contributed by atoms with Crippen molar-refractivity contribution < 1.29 is 22.8 Å². The number of alkyl halides is 3. The van der Waals surface area contributed by atoms with E-state index in [0.29, 0.717) is 15.6 Å². The third-order valence-electron chi connectivity index (χ3n) is 3.24. The van der Waals surface area contributed by atoms with Gasteiger partial charge in [-0.1, -0.05) is 41.4 Å². The van der Waals surface area contributed by atoms with Crippen LogP contribution in [-0.4, -0.2) is 24.6 Å². The molecule has 0 aliphatic rings. The van der Waals surface area contributed by atoms with Gasteiger partial charge in [0.05, 0.1) is 28.9 Å². The Balaban J connectivity index is 1.92. The van der Waals surface area contributed by atoms with E-state index in [1.54, 1.807) is 12.1 Å². The molecule has 27 heavy (non-hydrogen) atoms. The number of hydrogen-bond donors (Lipinski definition) is 2. The van der Waals surface area contributed by atoms with Crippen LogP contribution in [0.1, 0.15) is 21.5 Å². The van der Waals surface area contributed by atoms with Crippen molar-refractivity contribution in [3.8, 4) is 0 Å². The highest BCUT2D eigenvalue weighted by Gasteiger charge is 2.34. The van der Waals surface area contributed by atoms with E-state index in [4.69, 9.17) is 23.2 Å². The van der Waals surface area contributed by atoms with Gasteiger partial charge in [0, 0.05) is 10.6 Å². The molecule has 0 heterocycles. The topological polar surface area (TPSA) is 70.6 Å². The predicted octanol–water partition coefficient (Wildman–Crippen LogP) is 3.89. The number of benzene rings is 2. The van der Waals surface area contributed by atoms with Crippen molar-refractivity contribution in [2.45, 2.75) is 6.18 Å². The third-order valence-corrected chi connectivity index (χ3v) is 3.80. The second kappa shape index (κ2) is 8.88. The molecular weight excluding hydrogens is 406 g/mol. The molecule has 0 aliphatic heterocycles. The summed E-state index contributed by atoms with van der Waals surface area (Å²) in [5.74, 6) is -1.75. The lowest BCUT2D eigenvalue weighted by molar-refractivity contribution is -0.137. The fourth-order valence-electron chi connectivity index (χ4n) is 2.00. The Morgan fingerprint density at radius 1 is 1.11 bits per heavy atom. The van der Waals surface area contributed by atoms with Gasteiger partial charge in [-0.2, -0.15) is 18.3 Å². The van der Waals surface area contributed by atoms with Gasteiger partial charge in [-0.15, -0.1) is 0 Å². The molecule has 0 spiro atoms. The number of nitrogens with one attached hydrogen (secondary N) is 2. The molecule has 10 heteroatoms. The largest absolute Gasteiger partial charge is 0.417 e. The quantitative estimate of drug-likeness (QED) is 0.572. The zero-order chi connectivity index (χ0) is 20.0. The van der Waals surface area contributed by atoms with Crippen molar-refractivity contribution in [2.75, 3.05) is 6.54 Å². The van der Waals surface area contributed by atoms with Crippen molar-refractivity contribution >= 4 is 41.2 Å². The van der Waals surface area contributed by atoms with Crippen LogP contribution in [0, 0.1) is 0 Å². The minimum Gasteiger partial charge on any atom is -0.343 e. The summed E-state index contributed by atoms with van der Waals surface area (Å²) in [5, 5.41) is 6.52. The molecule has 0 bridgehead atoms. The van der Waals surface area contributed by atoms with Gasteiger partial charge >= 0.3 is 6.18 Å². The van der Waals surface area contributed by atoms with Crippen molar-refractivity contribution in [1.82, 2.24) is 10.7 Å². The fraction of sp³-hybridized carbons (Fsp3) is 0.118. The zero-order valence-corrected chi connectivity index (χ0v) is 15.0. The number of halogens is 5. The Kier molecular flexibility index (Phi) is 6.81. The number of hydrazone groups is 1. The van der Waals surface area contributed by atoms with Gasteiger partial charge in [0.2, 0.25) is 0 Å². The van der Waals surface area contributed by atoms with Crippen molar-refractivity contribution in [3.63, 3.8) is 0 Å². The molecule has 0 aliphatic carbocycles. The zero-order valence-electron chi connectivity index (χ0n) is 13.5. The molecule has 0 saturated carbocycles. The van der Waals surface area contributed by atoms with E-state index in [9.17, 15) is 22.8 Å². The van der Waals surface area contributed by atoms with Crippen LogP contribution in [0.4, 0.5) is 13.2 Å². The first kappa shape index (κ1) is 20.7. The van der Waals surface area contributed by atoms with E-state index in [1.807, 2.05) is 0 Å². The van der Waals surface area contributed by atoms with E-state index in [1.165, 1.54) is 24.4 Å². The maximum Gasteiger partial charge on any atom is 0.417 e. The molecule has 2 aromatic rings. The molecule has 2 aromatic carbocycles. The Morgan fingerprint density at radius 3 is 2.48 bits per heavy atom. The maximum atomic E-state index is 12.9. The lowest BCUT2D eigenvalue weighted by Gasteiger charge is -2.12. The van der Waals surface area contributed by atoms with Crippen LogP contribution in [0.3, 0.4) is 0 Å². The minimum absolute atomic E-state index is 0.317. The standard InChI is InChI=1S/C17H12Cl2F3N3O2/c18-11-6-5-10(14(19)7-11)8-24-25-15(26)9-23-16(27)12-3-1-2-4-13(12)17(20,21)22/h1-8H,9H2,(H,23,27)(H,25,26). The van der Waals surface area contributed by atoms with Gasteiger partial charge in [-0.05, 0) is 24.3 Å². The van der Waals surface area contributed by atoms with Gasteiger partial charge in [-0.3, -0.25) is 9.59 Å². The Morgan fingerprint density at radius 2 is 1.81 bits per heavy atom. The van der Waals surface area contributed by atoms with Gasteiger partial charge in [0.1, 0.15) is 0 Å². The van der Waals surface area contributed by atoms with Crippen LogP contribution in [0.15, 0.2) is 47.6 Å². The molecule has 0 fully saturated rings. The maximum absolute atomic E-state index is 12.9. The van der Waals surface area contributed by atoms with E-state index in [-0.39, 0.29) is 0 Å². The number of rotatable bonds is 5. The van der Waals surface area contributed by atoms with E-state index in [0.717, 1.165) is 12.1 Å². The Hall–Kier alpha value is -2.58. The van der Waals surface area contributed by atoms with Crippen LogP contribution < -0.4 is 10.7 Å². The van der Waals surface area contributed by atoms with Crippen LogP contribution in [-0.2, 0) is 11.0 Å². The number of amides is 2. The second-order valence-corrected chi connectivity index (χ2v) is 6.03. The summed E-state index contributed by atoms with van der Waals surface area (Å²) in [6.07, 6.45) is -3.42. The summed E-state index contributed by atoms with van der Waals surface area (Å²) in [5.41, 5.74) is 0.957. The molecule has 0 saturated heterocycles. The van der Waals surface area contributed by atoms with Gasteiger partial charge < -0.3 is 5.32 Å². The Bertz CT molecular complexity index is 886. The average molecular weight is 418 g/mol. The molecule has 0 aromatic heterocycles. The highest BCUT2D eigenvalue weighted by Crippen LogP contribution is 2.31. The van der Waals surface area contributed by atoms with E-state index >= 15 is 0 Å². The van der Waals surface area contributed by atoms with Crippen LogP contribution in [0.25, 0.3) is 0 Å².